The van der Waals surface area contributed by atoms with E-state index in [1.165, 1.54) is 12.1 Å². The average molecular weight is 227 g/mol. The van der Waals surface area contributed by atoms with Crippen LogP contribution in [0.25, 0.3) is 0 Å². The fraction of sp³-hybridized carbons (Fsp3) is 0.500. The first kappa shape index (κ1) is 13.1. The molecule has 0 aliphatic rings. The zero-order valence-electron chi connectivity index (χ0n) is 9.92. The van der Waals surface area contributed by atoms with Crippen molar-refractivity contribution in [3.8, 4) is 0 Å². The molecule has 1 N–H and O–H groups in total. The summed E-state index contributed by atoms with van der Waals surface area (Å²) in [5, 5.41) is 3.19. The van der Waals surface area contributed by atoms with Crippen LogP contribution < -0.4 is 5.32 Å². The summed E-state index contributed by atoms with van der Waals surface area (Å²) >= 11 is 0. The molecule has 0 saturated carbocycles. The Balaban J connectivity index is 2.42. The van der Waals surface area contributed by atoms with E-state index in [9.17, 15) is 4.39 Å². The Morgan fingerprint density at radius 2 is 2.00 bits per heavy atom. The molecule has 0 aromatic heterocycles. The van der Waals surface area contributed by atoms with Crippen molar-refractivity contribution in [3.05, 3.63) is 35.1 Å². The number of ether oxygens (including phenoxy) is 2. The van der Waals surface area contributed by atoms with Gasteiger partial charge in [0, 0.05) is 27.3 Å². The van der Waals surface area contributed by atoms with Crippen LogP contribution in [0.15, 0.2) is 18.2 Å². The largest absolute Gasteiger partial charge is 0.355 e. The standard InChI is InChI=1S/C12H18FNO2/c1-9-6-11(13)5-4-10(9)7-14-8-12(15-2)16-3/h4-6,12,14H,7-8H2,1-3H3. The molecule has 0 aliphatic heterocycles. The van der Waals surface area contributed by atoms with Gasteiger partial charge in [-0.1, -0.05) is 6.07 Å². The lowest BCUT2D eigenvalue weighted by atomic mass is 10.1. The molecule has 0 amide bonds. The molecular weight excluding hydrogens is 209 g/mol. The van der Waals surface area contributed by atoms with Gasteiger partial charge in [0.25, 0.3) is 0 Å². The van der Waals surface area contributed by atoms with Gasteiger partial charge in [-0.25, -0.2) is 4.39 Å². The number of benzene rings is 1. The summed E-state index contributed by atoms with van der Waals surface area (Å²) in [5.74, 6) is -0.201. The highest BCUT2D eigenvalue weighted by molar-refractivity contribution is 5.26. The number of hydrogen-bond donors (Lipinski definition) is 1. The quantitative estimate of drug-likeness (QED) is 0.752. The van der Waals surface area contributed by atoms with E-state index in [1.54, 1.807) is 20.3 Å². The summed E-state index contributed by atoms with van der Waals surface area (Å²) in [6, 6.07) is 4.78. The molecule has 0 radical (unpaired) electrons. The average Bonchev–Trinajstić information content (AvgIpc) is 2.27. The molecule has 0 heterocycles. The number of halogens is 1. The second-order valence-electron chi connectivity index (χ2n) is 3.60. The summed E-state index contributed by atoms with van der Waals surface area (Å²) in [5.41, 5.74) is 2.02. The van der Waals surface area contributed by atoms with E-state index in [0.29, 0.717) is 13.1 Å². The van der Waals surface area contributed by atoms with Crippen molar-refractivity contribution in [1.29, 1.82) is 0 Å². The van der Waals surface area contributed by atoms with Crippen molar-refractivity contribution in [1.82, 2.24) is 5.32 Å². The lowest BCUT2D eigenvalue weighted by Gasteiger charge is -2.14. The molecule has 0 atom stereocenters. The highest BCUT2D eigenvalue weighted by Gasteiger charge is 2.05. The van der Waals surface area contributed by atoms with E-state index in [-0.39, 0.29) is 12.1 Å². The molecule has 0 spiro atoms. The van der Waals surface area contributed by atoms with Gasteiger partial charge in [0.15, 0.2) is 6.29 Å². The minimum Gasteiger partial charge on any atom is -0.355 e. The Morgan fingerprint density at radius 3 is 2.56 bits per heavy atom. The molecule has 1 aromatic rings. The topological polar surface area (TPSA) is 30.5 Å². The maximum Gasteiger partial charge on any atom is 0.169 e. The Bertz CT molecular complexity index is 327. The van der Waals surface area contributed by atoms with Crippen molar-refractivity contribution in [2.45, 2.75) is 19.8 Å². The molecule has 3 nitrogen and oxygen atoms in total. The van der Waals surface area contributed by atoms with Gasteiger partial charge in [-0.15, -0.1) is 0 Å². The van der Waals surface area contributed by atoms with E-state index < -0.39 is 0 Å². The van der Waals surface area contributed by atoms with Gasteiger partial charge >= 0.3 is 0 Å². The second-order valence-corrected chi connectivity index (χ2v) is 3.60. The van der Waals surface area contributed by atoms with Crippen molar-refractivity contribution in [3.63, 3.8) is 0 Å². The lowest BCUT2D eigenvalue weighted by Crippen LogP contribution is -2.29. The van der Waals surface area contributed by atoms with Crippen LogP contribution in [0, 0.1) is 12.7 Å². The normalized spacial score (nSPS) is 11.1. The van der Waals surface area contributed by atoms with Gasteiger partial charge in [-0.05, 0) is 30.2 Å². The maximum atomic E-state index is 12.8. The molecule has 0 fully saturated rings. The van der Waals surface area contributed by atoms with Crippen LogP contribution in [-0.4, -0.2) is 27.1 Å². The number of nitrogens with one attached hydrogen (secondary N) is 1. The van der Waals surface area contributed by atoms with Crippen LogP contribution in [0.1, 0.15) is 11.1 Å². The summed E-state index contributed by atoms with van der Waals surface area (Å²) in [7, 11) is 3.19. The minimum atomic E-state index is -0.249. The number of rotatable bonds is 6. The lowest BCUT2D eigenvalue weighted by molar-refractivity contribution is -0.0989. The molecule has 4 heteroatoms. The third-order valence-electron chi connectivity index (χ3n) is 2.46. The summed E-state index contributed by atoms with van der Waals surface area (Å²) in [4.78, 5) is 0. The first-order chi connectivity index (χ1) is 7.67. The van der Waals surface area contributed by atoms with Gasteiger partial charge in [0.05, 0.1) is 0 Å². The van der Waals surface area contributed by atoms with Gasteiger partial charge in [-0.3, -0.25) is 0 Å². The fourth-order valence-electron chi connectivity index (χ4n) is 1.45. The van der Waals surface area contributed by atoms with E-state index in [1.807, 2.05) is 6.92 Å². The van der Waals surface area contributed by atoms with Gasteiger partial charge in [-0.2, -0.15) is 0 Å². The highest BCUT2D eigenvalue weighted by Crippen LogP contribution is 2.09. The molecule has 1 aromatic carbocycles. The van der Waals surface area contributed by atoms with Crippen LogP contribution in [0.3, 0.4) is 0 Å². The Kier molecular flexibility index (Phi) is 5.38. The van der Waals surface area contributed by atoms with Gasteiger partial charge in [0.2, 0.25) is 0 Å². The van der Waals surface area contributed by atoms with Crippen molar-refractivity contribution in [2.24, 2.45) is 0 Å². The third kappa shape index (κ3) is 3.89. The third-order valence-corrected chi connectivity index (χ3v) is 2.46. The van der Waals surface area contributed by atoms with E-state index in [2.05, 4.69) is 5.32 Å². The Morgan fingerprint density at radius 1 is 1.31 bits per heavy atom. The first-order valence-corrected chi connectivity index (χ1v) is 5.18. The molecule has 90 valence electrons. The van der Waals surface area contributed by atoms with Crippen LogP contribution in [0.4, 0.5) is 4.39 Å². The molecule has 0 aliphatic carbocycles. The molecule has 0 unspecified atom stereocenters. The molecular formula is C12H18FNO2. The SMILES string of the molecule is COC(CNCc1ccc(F)cc1C)OC. The summed E-state index contributed by atoms with van der Waals surface area (Å²) in [6.45, 7) is 3.17. The van der Waals surface area contributed by atoms with E-state index in [4.69, 9.17) is 9.47 Å². The van der Waals surface area contributed by atoms with Crippen molar-refractivity contribution < 1.29 is 13.9 Å². The minimum absolute atomic E-state index is 0.201. The molecule has 0 saturated heterocycles. The maximum absolute atomic E-state index is 12.8. The first-order valence-electron chi connectivity index (χ1n) is 5.18. The fourth-order valence-corrected chi connectivity index (χ4v) is 1.45. The van der Waals surface area contributed by atoms with Crippen LogP contribution in [0.2, 0.25) is 0 Å². The van der Waals surface area contributed by atoms with E-state index in [0.717, 1.165) is 11.1 Å². The molecule has 16 heavy (non-hydrogen) atoms. The molecule has 1 rings (SSSR count). The zero-order valence-corrected chi connectivity index (χ0v) is 9.92. The predicted molar refractivity (Wildman–Crippen MR) is 60.6 cm³/mol. The van der Waals surface area contributed by atoms with Crippen molar-refractivity contribution >= 4 is 0 Å². The van der Waals surface area contributed by atoms with Crippen LogP contribution in [0.5, 0.6) is 0 Å². The monoisotopic (exact) mass is 227 g/mol. The van der Waals surface area contributed by atoms with Crippen LogP contribution >= 0.6 is 0 Å². The van der Waals surface area contributed by atoms with Crippen LogP contribution in [-0.2, 0) is 16.0 Å². The zero-order chi connectivity index (χ0) is 12.0. The summed E-state index contributed by atoms with van der Waals surface area (Å²) in [6.07, 6.45) is -0.249. The number of methoxy groups -OCH3 is 2. The molecule has 0 bridgehead atoms. The Labute approximate surface area is 95.6 Å². The van der Waals surface area contributed by atoms with Gasteiger partial charge < -0.3 is 14.8 Å². The summed E-state index contributed by atoms with van der Waals surface area (Å²) < 4.78 is 22.9. The number of aryl methyl sites for hydroxylation is 1. The smallest absolute Gasteiger partial charge is 0.169 e. The van der Waals surface area contributed by atoms with Crippen molar-refractivity contribution in [2.75, 3.05) is 20.8 Å². The van der Waals surface area contributed by atoms with Gasteiger partial charge in [0.1, 0.15) is 5.82 Å². The second kappa shape index (κ2) is 6.58. The predicted octanol–water partition coefficient (Wildman–Crippen LogP) is 1.84. The Hall–Kier alpha value is -0.970. The highest BCUT2D eigenvalue weighted by atomic mass is 19.1. The van der Waals surface area contributed by atoms with E-state index >= 15 is 0 Å². The number of hydrogen-bond acceptors (Lipinski definition) is 3.